The molecular formula is C17H23F3N2O3. The van der Waals surface area contributed by atoms with Crippen LogP contribution in [0.1, 0.15) is 23.7 Å². The van der Waals surface area contributed by atoms with E-state index >= 15 is 0 Å². The van der Waals surface area contributed by atoms with E-state index in [1.54, 1.807) is 6.92 Å². The van der Waals surface area contributed by atoms with Gasteiger partial charge < -0.3 is 14.5 Å². The number of methoxy groups -OCH3 is 1. The first-order valence-corrected chi connectivity index (χ1v) is 7.84. The largest absolute Gasteiger partial charge is 0.469 e. The van der Waals surface area contributed by atoms with Crippen LogP contribution in [0.4, 0.5) is 13.2 Å². The highest BCUT2D eigenvalue weighted by molar-refractivity contribution is 5.94. The molecule has 0 N–H and O–H groups in total. The zero-order valence-electron chi connectivity index (χ0n) is 14.8. The minimum absolute atomic E-state index is 0.0165. The van der Waals surface area contributed by atoms with Gasteiger partial charge in [0.15, 0.2) is 17.5 Å². The molecule has 0 spiro atoms. The molecule has 1 amide bonds. The Morgan fingerprint density at radius 1 is 1.12 bits per heavy atom. The van der Waals surface area contributed by atoms with Gasteiger partial charge in [0.25, 0.3) is 5.91 Å². The summed E-state index contributed by atoms with van der Waals surface area (Å²) in [5.41, 5.74) is -0.569. The van der Waals surface area contributed by atoms with Gasteiger partial charge in [0.2, 0.25) is 0 Å². The predicted octanol–water partition coefficient (Wildman–Crippen LogP) is 2.31. The van der Waals surface area contributed by atoms with Crippen LogP contribution in [-0.4, -0.2) is 62.5 Å². The third kappa shape index (κ3) is 5.74. The molecule has 5 nitrogen and oxygen atoms in total. The maximum Gasteiger partial charge on any atom is 0.310 e. The molecule has 0 aliphatic rings. The average Bonchev–Trinajstić information content (AvgIpc) is 2.57. The molecule has 0 radical (unpaired) electrons. The van der Waals surface area contributed by atoms with Crippen molar-refractivity contribution < 1.29 is 27.5 Å². The second kappa shape index (κ2) is 9.41. The first kappa shape index (κ1) is 21.0. The summed E-state index contributed by atoms with van der Waals surface area (Å²) >= 11 is 0. The van der Waals surface area contributed by atoms with E-state index in [9.17, 15) is 22.8 Å². The van der Waals surface area contributed by atoms with E-state index in [2.05, 4.69) is 4.74 Å². The number of carbonyl (C=O) groups is 2. The van der Waals surface area contributed by atoms with Crippen molar-refractivity contribution in [1.29, 1.82) is 0 Å². The Morgan fingerprint density at radius 3 is 2.32 bits per heavy atom. The van der Waals surface area contributed by atoms with Crippen LogP contribution in [0.25, 0.3) is 0 Å². The lowest BCUT2D eigenvalue weighted by atomic mass is 10.1. The fourth-order valence-corrected chi connectivity index (χ4v) is 2.32. The summed E-state index contributed by atoms with van der Waals surface area (Å²) in [5.74, 6) is -6.55. The van der Waals surface area contributed by atoms with Gasteiger partial charge in [-0.3, -0.25) is 9.59 Å². The Hall–Kier alpha value is -2.09. The first-order chi connectivity index (χ1) is 11.7. The SMILES string of the molecule is COC(=O)C(C)CN(CCCN(C)C)C(=O)c1ccc(F)c(F)c1F. The third-order valence-electron chi connectivity index (χ3n) is 3.68. The molecule has 0 bridgehead atoms. The normalized spacial score (nSPS) is 12.2. The van der Waals surface area contributed by atoms with E-state index in [1.807, 2.05) is 19.0 Å². The molecule has 140 valence electrons. The van der Waals surface area contributed by atoms with Gasteiger partial charge in [0.05, 0.1) is 18.6 Å². The van der Waals surface area contributed by atoms with Crippen LogP contribution in [0.3, 0.4) is 0 Å². The fraction of sp³-hybridized carbons (Fsp3) is 0.529. The summed E-state index contributed by atoms with van der Waals surface area (Å²) in [6.45, 7) is 2.45. The van der Waals surface area contributed by atoms with E-state index in [1.165, 1.54) is 12.0 Å². The monoisotopic (exact) mass is 360 g/mol. The summed E-state index contributed by atoms with van der Waals surface area (Å²) in [5, 5.41) is 0. The number of rotatable bonds is 8. The molecule has 0 fully saturated rings. The van der Waals surface area contributed by atoms with Crippen molar-refractivity contribution in [2.45, 2.75) is 13.3 Å². The number of halogens is 3. The van der Waals surface area contributed by atoms with E-state index in [0.717, 1.165) is 6.07 Å². The zero-order chi connectivity index (χ0) is 19.1. The number of nitrogens with zero attached hydrogens (tertiary/aromatic N) is 2. The highest BCUT2D eigenvalue weighted by Gasteiger charge is 2.26. The lowest BCUT2D eigenvalue weighted by molar-refractivity contribution is -0.145. The number of ether oxygens (including phenoxy) is 1. The summed E-state index contributed by atoms with van der Waals surface area (Å²) in [6.07, 6.45) is 0.567. The third-order valence-corrected chi connectivity index (χ3v) is 3.68. The first-order valence-electron chi connectivity index (χ1n) is 7.84. The van der Waals surface area contributed by atoms with Gasteiger partial charge in [-0.15, -0.1) is 0 Å². The van der Waals surface area contributed by atoms with Crippen molar-refractivity contribution in [3.63, 3.8) is 0 Å². The van der Waals surface area contributed by atoms with Gasteiger partial charge in [-0.05, 0) is 39.2 Å². The lowest BCUT2D eigenvalue weighted by Crippen LogP contribution is -2.39. The van der Waals surface area contributed by atoms with Crippen molar-refractivity contribution in [3.05, 3.63) is 35.1 Å². The zero-order valence-corrected chi connectivity index (χ0v) is 14.8. The maximum atomic E-state index is 13.9. The van der Waals surface area contributed by atoms with Gasteiger partial charge in [0.1, 0.15) is 0 Å². The number of hydrogen-bond acceptors (Lipinski definition) is 4. The molecule has 25 heavy (non-hydrogen) atoms. The average molecular weight is 360 g/mol. The number of esters is 1. The summed E-state index contributed by atoms with van der Waals surface area (Å²) in [7, 11) is 4.95. The molecule has 0 aliphatic carbocycles. The molecule has 1 aromatic carbocycles. The molecule has 1 rings (SSSR count). The number of carbonyl (C=O) groups excluding carboxylic acids is 2. The lowest BCUT2D eigenvalue weighted by Gasteiger charge is -2.26. The van der Waals surface area contributed by atoms with E-state index < -0.39 is 40.8 Å². The molecule has 0 aliphatic heterocycles. The van der Waals surface area contributed by atoms with Gasteiger partial charge >= 0.3 is 5.97 Å². The Labute approximate surface area is 145 Å². The van der Waals surface area contributed by atoms with Crippen LogP contribution < -0.4 is 0 Å². The van der Waals surface area contributed by atoms with Gasteiger partial charge in [0, 0.05) is 13.1 Å². The van der Waals surface area contributed by atoms with E-state index in [4.69, 9.17) is 0 Å². The number of amides is 1. The van der Waals surface area contributed by atoms with Crippen molar-refractivity contribution in [3.8, 4) is 0 Å². The fourth-order valence-electron chi connectivity index (χ4n) is 2.32. The summed E-state index contributed by atoms with van der Waals surface area (Å²) in [4.78, 5) is 27.3. The molecule has 0 heterocycles. The summed E-state index contributed by atoms with van der Waals surface area (Å²) < 4.78 is 45.0. The van der Waals surface area contributed by atoms with Crippen LogP contribution in [-0.2, 0) is 9.53 Å². The molecule has 8 heteroatoms. The van der Waals surface area contributed by atoms with E-state index in [-0.39, 0.29) is 13.1 Å². The van der Waals surface area contributed by atoms with Crippen molar-refractivity contribution in [1.82, 2.24) is 9.80 Å². The molecule has 1 unspecified atom stereocenters. The van der Waals surface area contributed by atoms with Crippen LogP contribution in [0.2, 0.25) is 0 Å². The Kier molecular flexibility index (Phi) is 7.89. The smallest absolute Gasteiger partial charge is 0.310 e. The predicted molar refractivity (Wildman–Crippen MR) is 86.6 cm³/mol. The number of benzene rings is 1. The quantitative estimate of drug-likeness (QED) is 0.527. The second-order valence-corrected chi connectivity index (χ2v) is 6.06. The van der Waals surface area contributed by atoms with Crippen LogP contribution >= 0.6 is 0 Å². The van der Waals surface area contributed by atoms with Crippen LogP contribution in [0, 0.1) is 23.4 Å². The van der Waals surface area contributed by atoms with Crippen molar-refractivity contribution in [2.24, 2.45) is 5.92 Å². The molecule has 1 aromatic rings. The molecule has 0 saturated heterocycles. The van der Waals surface area contributed by atoms with Crippen LogP contribution in [0.5, 0.6) is 0 Å². The van der Waals surface area contributed by atoms with E-state index in [0.29, 0.717) is 19.0 Å². The Bertz CT molecular complexity index is 623. The Morgan fingerprint density at radius 2 is 1.76 bits per heavy atom. The Balaban J connectivity index is 3.02. The highest BCUT2D eigenvalue weighted by atomic mass is 19.2. The molecule has 0 saturated carbocycles. The van der Waals surface area contributed by atoms with Crippen molar-refractivity contribution >= 4 is 11.9 Å². The molecule has 1 atom stereocenters. The topological polar surface area (TPSA) is 49.9 Å². The highest BCUT2D eigenvalue weighted by Crippen LogP contribution is 2.18. The molecule has 0 aromatic heterocycles. The standard InChI is InChI=1S/C17H23F3N2O3/c1-11(17(24)25-4)10-22(9-5-8-21(2)3)16(23)12-6-7-13(18)15(20)14(12)19/h6-7,11H,5,8-10H2,1-4H3. The van der Waals surface area contributed by atoms with Gasteiger partial charge in [-0.2, -0.15) is 0 Å². The second-order valence-electron chi connectivity index (χ2n) is 6.06. The van der Waals surface area contributed by atoms with Gasteiger partial charge in [-0.25, -0.2) is 13.2 Å². The number of hydrogen-bond donors (Lipinski definition) is 0. The minimum Gasteiger partial charge on any atom is -0.469 e. The summed E-state index contributed by atoms with van der Waals surface area (Å²) in [6, 6.07) is 1.60. The molecular weight excluding hydrogens is 337 g/mol. The van der Waals surface area contributed by atoms with Gasteiger partial charge in [-0.1, -0.05) is 6.92 Å². The van der Waals surface area contributed by atoms with Crippen LogP contribution in [0.15, 0.2) is 12.1 Å². The minimum atomic E-state index is -1.69. The van der Waals surface area contributed by atoms with Crippen molar-refractivity contribution in [2.75, 3.05) is 40.8 Å². The maximum absolute atomic E-state index is 13.9.